The van der Waals surface area contributed by atoms with Crippen LogP contribution >= 0.6 is 11.3 Å². The maximum atomic E-state index is 14.1. The second-order valence-electron chi connectivity index (χ2n) is 6.16. The Morgan fingerprint density at radius 3 is 2.78 bits per heavy atom. The quantitative estimate of drug-likeness (QED) is 0.505. The summed E-state index contributed by atoms with van der Waals surface area (Å²) in [7, 11) is 0. The number of pyridine rings is 1. The summed E-state index contributed by atoms with van der Waals surface area (Å²) in [4.78, 5) is 23.3. The van der Waals surface area contributed by atoms with Crippen LogP contribution in [0.5, 0.6) is 0 Å². The van der Waals surface area contributed by atoms with E-state index >= 15 is 0 Å². The molecular formula is C20H16FN3O2S. The Morgan fingerprint density at radius 2 is 2.11 bits per heavy atom. The lowest BCUT2D eigenvalue weighted by Crippen LogP contribution is -2.30. The van der Waals surface area contributed by atoms with Crippen LogP contribution in [0.15, 0.2) is 53.2 Å². The molecule has 0 aliphatic rings. The molecule has 0 atom stereocenters. The fourth-order valence-corrected chi connectivity index (χ4v) is 3.89. The standard InChI is InChI=1S/C20H16FN3O2S/c1-12-9-15(13(2)26-12)19(25)24(11-14-5-4-8-22-10-14)20-23-18-16(21)6-3-7-17(18)27-20/h3-10H,11H2,1-2H3. The topological polar surface area (TPSA) is 59.2 Å². The molecular weight excluding hydrogens is 365 g/mol. The van der Waals surface area contributed by atoms with Crippen molar-refractivity contribution in [3.8, 4) is 0 Å². The molecule has 0 radical (unpaired) electrons. The zero-order chi connectivity index (χ0) is 19.0. The van der Waals surface area contributed by atoms with Crippen molar-refractivity contribution in [2.24, 2.45) is 0 Å². The van der Waals surface area contributed by atoms with Crippen LogP contribution in [0.3, 0.4) is 0 Å². The van der Waals surface area contributed by atoms with Crippen molar-refractivity contribution >= 4 is 32.6 Å². The summed E-state index contributed by atoms with van der Waals surface area (Å²) in [6.45, 7) is 3.82. The minimum absolute atomic E-state index is 0.243. The van der Waals surface area contributed by atoms with Gasteiger partial charge >= 0.3 is 0 Å². The number of aryl methyl sites for hydroxylation is 2. The summed E-state index contributed by atoms with van der Waals surface area (Å²) in [5, 5.41) is 0.433. The lowest BCUT2D eigenvalue weighted by molar-refractivity contribution is 0.0983. The molecule has 0 aliphatic heterocycles. The molecule has 0 fully saturated rings. The Labute approximate surface area is 159 Å². The molecule has 0 saturated heterocycles. The Morgan fingerprint density at radius 1 is 1.26 bits per heavy atom. The zero-order valence-corrected chi connectivity index (χ0v) is 15.6. The van der Waals surface area contributed by atoms with Crippen LogP contribution in [-0.4, -0.2) is 15.9 Å². The van der Waals surface area contributed by atoms with E-state index in [9.17, 15) is 9.18 Å². The summed E-state index contributed by atoms with van der Waals surface area (Å²) < 4.78 is 20.3. The highest BCUT2D eigenvalue weighted by Crippen LogP contribution is 2.32. The molecule has 1 amide bonds. The average Bonchev–Trinajstić information content (AvgIpc) is 3.23. The molecule has 3 aromatic heterocycles. The number of anilines is 1. The highest BCUT2D eigenvalue weighted by atomic mass is 32.1. The van der Waals surface area contributed by atoms with Crippen LogP contribution in [0.4, 0.5) is 9.52 Å². The molecule has 4 rings (SSSR count). The van der Waals surface area contributed by atoms with Crippen molar-refractivity contribution in [1.29, 1.82) is 0 Å². The molecule has 0 unspecified atom stereocenters. The number of hydrogen-bond acceptors (Lipinski definition) is 5. The van der Waals surface area contributed by atoms with Crippen molar-refractivity contribution in [1.82, 2.24) is 9.97 Å². The first-order chi connectivity index (χ1) is 13.0. The first-order valence-electron chi connectivity index (χ1n) is 8.36. The van der Waals surface area contributed by atoms with Gasteiger partial charge in [-0.15, -0.1) is 0 Å². The van der Waals surface area contributed by atoms with E-state index in [2.05, 4.69) is 9.97 Å². The monoisotopic (exact) mass is 381 g/mol. The maximum Gasteiger partial charge on any atom is 0.263 e. The first-order valence-corrected chi connectivity index (χ1v) is 9.17. The Kier molecular flexibility index (Phi) is 4.45. The normalized spacial score (nSPS) is 11.1. The van der Waals surface area contributed by atoms with Crippen molar-refractivity contribution < 1.29 is 13.6 Å². The van der Waals surface area contributed by atoms with Crippen molar-refractivity contribution in [2.75, 3.05) is 4.90 Å². The summed E-state index contributed by atoms with van der Waals surface area (Å²) in [5.41, 5.74) is 1.58. The molecule has 0 saturated carbocycles. The average molecular weight is 381 g/mol. The Bertz CT molecular complexity index is 1120. The largest absolute Gasteiger partial charge is 0.466 e. The van der Waals surface area contributed by atoms with Crippen LogP contribution in [-0.2, 0) is 6.54 Å². The number of hydrogen-bond donors (Lipinski definition) is 0. The number of furan rings is 1. The van der Waals surface area contributed by atoms with E-state index in [1.807, 2.05) is 12.1 Å². The number of nitrogens with zero attached hydrogens (tertiary/aromatic N) is 3. The number of aromatic nitrogens is 2. The zero-order valence-electron chi connectivity index (χ0n) is 14.8. The molecule has 3 heterocycles. The molecule has 27 heavy (non-hydrogen) atoms. The van der Waals surface area contributed by atoms with Gasteiger partial charge in [0.15, 0.2) is 5.13 Å². The number of rotatable bonds is 4. The van der Waals surface area contributed by atoms with E-state index in [0.717, 1.165) is 5.56 Å². The number of amides is 1. The number of fused-ring (bicyclic) bond motifs is 1. The van der Waals surface area contributed by atoms with Gasteiger partial charge in [0.25, 0.3) is 5.91 Å². The fourth-order valence-electron chi connectivity index (χ4n) is 2.91. The lowest BCUT2D eigenvalue weighted by Gasteiger charge is -2.19. The van der Waals surface area contributed by atoms with Gasteiger partial charge in [-0.3, -0.25) is 14.7 Å². The molecule has 0 spiro atoms. The predicted molar refractivity (Wildman–Crippen MR) is 103 cm³/mol. The van der Waals surface area contributed by atoms with Crippen LogP contribution in [0, 0.1) is 19.7 Å². The number of para-hydroxylation sites is 1. The summed E-state index contributed by atoms with van der Waals surface area (Å²) in [6, 6.07) is 10.2. The van der Waals surface area contributed by atoms with E-state index in [1.165, 1.54) is 17.4 Å². The van der Waals surface area contributed by atoms with Crippen molar-refractivity contribution in [3.63, 3.8) is 0 Å². The van der Waals surface area contributed by atoms with Gasteiger partial charge in [0.2, 0.25) is 0 Å². The summed E-state index contributed by atoms with van der Waals surface area (Å²) in [5.74, 6) is 0.556. The van der Waals surface area contributed by atoms with Crippen LogP contribution in [0.25, 0.3) is 10.2 Å². The first kappa shape index (κ1) is 17.4. The SMILES string of the molecule is Cc1cc(C(=O)N(Cc2cccnc2)c2nc3c(F)cccc3s2)c(C)o1. The van der Waals surface area contributed by atoms with Gasteiger partial charge in [-0.05, 0) is 43.7 Å². The molecule has 136 valence electrons. The minimum Gasteiger partial charge on any atom is -0.466 e. The van der Waals surface area contributed by atoms with Gasteiger partial charge in [-0.25, -0.2) is 9.37 Å². The van der Waals surface area contributed by atoms with Gasteiger partial charge < -0.3 is 4.42 Å². The molecule has 0 aliphatic carbocycles. The molecule has 1 aromatic carbocycles. The molecule has 4 aromatic rings. The number of benzene rings is 1. The third kappa shape index (κ3) is 3.33. The van der Waals surface area contributed by atoms with Gasteiger partial charge in [-0.1, -0.05) is 23.5 Å². The van der Waals surface area contributed by atoms with Crippen LogP contribution in [0.2, 0.25) is 0 Å². The highest BCUT2D eigenvalue weighted by molar-refractivity contribution is 7.22. The van der Waals surface area contributed by atoms with E-state index in [4.69, 9.17) is 4.42 Å². The minimum atomic E-state index is -0.404. The van der Waals surface area contributed by atoms with E-state index in [1.54, 1.807) is 49.3 Å². The van der Waals surface area contributed by atoms with Crippen molar-refractivity contribution in [2.45, 2.75) is 20.4 Å². The fraction of sp³-hybridized carbons (Fsp3) is 0.150. The number of thiazole rings is 1. The molecule has 0 N–H and O–H groups in total. The maximum absolute atomic E-state index is 14.1. The van der Waals surface area contributed by atoms with Crippen LogP contribution < -0.4 is 4.90 Å². The third-order valence-electron chi connectivity index (χ3n) is 4.17. The lowest BCUT2D eigenvalue weighted by atomic mass is 10.2. The Balaban J connectivity index is 1.80. The summed E-state index contributed by atoms with van der Waals surface area (Å²) in [6.07, 6.45) is 3.37. The van der Waals surface area contributed by atoms with Gasteiger partial charge in [-0.2, -0.15) is 0 Å². The second kappa shape index (κ2) is 6.92. The van der Waals surface area contributed by atoms with Crippen molar-refractivity contribution in [3.05, 3.63) is 77.3 Å². The molecule has 7 heteroatoms. The number of carbonyl (C=O) groups is 1. The smallest absolute Gasteiger partial charge is 0.263 e. The van der Waals surface area contributed by atoms with Gasteiger partial charge in [0.1, 0.15) is 22.9 Å². The van der Waals surface area contributed by atoms with Gasteiger partial charge in [0.05, 0.1) is 16.8 Å². The number of halogens is 1. The third-order valence-corrected chi connectivity index (χ3v) is 5.21. The summed E-state index contributed by atoms with van der Waals surface area (Å²) >= 11 is 1.28. The molecule has 0 bridgehead atoms. The van der Waals surface area contributed by atoms with Crippen LogP contribution in [0.1, 0.15) is 27.4 Å². The Hall–Kier alpha value is -3.06. The predicted octanol–water partition coefficient (Wildman–Crippen LogP) is 4.89. The van der Waals surface area contributed by atoms with E-state index in [-0.39, 0.29) is 18.0 Å². The number of carbonyl (C=O) groups excluding carboxylic acids is 1. The second-order valence-corrected chi connectivity index (χ2v) is 7.17. The van der Waals surface area contributed by atoms with Gasteiger partial charge in [0, 0.05) is 12.4 Å². The highest BCUT2D eigenvalue weighted by Gasteiger charge is 2.25. The van der Waals surface area contributed by atoms with E-state index in [0.29, 0.717) is 26.9 Å². The molecule has 5 nitrogen and oxygen atoms in total. The van der Waals surface area contributed by atoms with E-state index < -0.39 is 5.82 Å².